The van der Waals surface area contributed by atoms with Crippen molar-refractivity contribution in [3.05, 3.63) is 89.0 Å². The molecule has 2 atom stereocenters. The van der Waals surface area contributed by atoms with Gasteiger partial charge in [0, 0.05) is 11.5 Å². The van der Waals surface area contributed by atoms with Crippen molar-refractivity contribution in [3.63, 3.8) is 0 Å². The van der Waals surface area contributed by atoms with Crippen LogP contribution < -0.4 is 4.74 Å². The lowest BCUT2D eigenvalue weighted by Gasteiger charge is -2.32. The highest BCUT2D eigenvalue weighted by Gasteiger charge is 2.31. The van der Waals surface area contributed by atoms with Gasteiger partial charge in [-0.3, -0.25) is 0 Å². The molecule has 0 aromatic heterocycles. The Kier molecular flexibility index (Phi) is 6.07. The Labute approximate surface area is 173 Å². The van der Waals surface area contributed by atoms with Gasteiger partial charge in [-0.2, -0.15) is 0 Å². The summed E-state index contributed by atoms with van der Waals surface area (Å²) in [6, 6.07) is 10.6. The number of phenolic OH excluding ortho intramolecular Hbond substituents is 1. The van der Waals surface area contributed by atoms with E-state index in [0.717, 1.165) is 29.5 Å². The van der Waals surface area contributed by atoms with Crippen LogP contribution in [0.25, 0.3) is 6.08 Å². The number of carbonyl (C=O) groups excluding carboxylic acids is 1. The van der Waals surface area contributed by atoms with Crippen LogP contribution in [0.4, 0.5) is 0 Å². The lowest BCUT2D eigenvalue weighted by atomic mass is 9.73. The zero-order valence-electron chi connectivity index (χ0n) is 17.4. The number of phenols is 1. The molecule has 0 aliphatic heterocycles. The van der Waals surface area contributed by atoms with E-state index in [4.69, 9.17) is 4.74 Å². The second-order valence-corrected chi connectivity index (χ2v) is 7.94. The monoisotopic (exact) mass is 388 g/mol. The summed E-state index contributed by atoms with van der Waals surface area (Å²) >= 11 is 0. The van der Waals surface area contributed by atoms with Gasteiger partial charge in [0.15, 0.2) is 0 Å². The number of aromatic hydroxyl groups is 1. The molecule has 1 aliphatic rings. The zero-order chi connectivity index (χ0) is 21.1. The van der Waals surface area contributed by atoms with Gasteiger partial charge in [-0.25, -0.2) is 4.79 Å². The van der Waals surface area contributed by atoms with Crippen molar-refractivity contribution in [1.82, 2.24) is 0 Å². The fourth-order valence-electron chi connectivity index (χ4n) is 3.99. The first-order valence-corrected chi connectivity index (χ1v) is 9.91. The molecule has 3 rings (SSSR count). The van der Waals surface area contributed by atoms with Gasteiger partial charge in [-0.15, -0.1) is 0 Å². The molecule has 0 amide bonds. The maximum absolute atomic E-state index is 12.8. The van der Waals surface area contributed by atoms with Crippen LogP contribution in [0.15, 0.2) is 66.8 Å². The molecule has 29 heavy (non-hydrogen) atoms. The average molecular weight is 389 g/mol. The SMILES string of the molecule is C=Cc1ccc(C(=O)Oc2cc(C)cc(O)c2C2C=C(C)CC[C@H]2C(=C)C)cc1. The molecule has 3 nitrogen and oxygen atoms in total. The number of hydrogen-bond acceptors (Lipinski definition) is 3. The van der Waals surface area contributed by atoms with Crippen molar-refractivity contribution in [2.75, 3.05) is 0 Å². The molecule has 3 heteroatoms. The number of carbonyl (C=O) groups is 1. The van der Waals surface area contributed by atoms with Crippen molar-refractivity contribution in [2.45, 2.75) is 39.5 Å². The molecule has 0 bridgehead atoms. The summed E-state index contributed by atoms with van der Waals surface area (Å²) in [6.45, 7) is 13.9. The van der Waals surface area contributed by atoms with Crippen molar-refractivity contribution >= 4 is 12.0 Å². The van der Waals surface area contributed by atoms with Gasteiger partial charge in [0.1, 0.15) is 11.5 Å². The highest BCUT2D eigenvalue weighted by Crippen LogP contribution is 2.46. The highest BCUT2D eigenvalue weighted by atomic mass is 16.5. The molecule has 2 aromatic carbocycles. The molecule has 0 heterocycles. The molecule has 1 aliphatic carbocycles. The molecule has 0 spiro atoms. The van der Waals surface area contributed by atoms with Crippen molar-refractivity contribution in [1.29, 1.82) is 0 Å². The van der Waals surface area contributed by atoms with E-state index in [-0.39, 0.29) is 17.6 Å². The molecular formula is C26H28O3. The molecule has 0 radical (unpaired) electrons. The van der Waals surface area contributed by atoms with Crippen molar-refractivity contribution < 1.29 is 14.6 Å². The second-order valence-electron chi connectivity index (χ2n) is 7.94. The van der Waals surface area contributed by atoms with E-state index >= 15 is 0 Å². The van der Waals surface area contributed by atoms with Crippen LogP contribution in [-0.4, -0.2) is 11.1 Å². The van der Waals surface area contributed by atoms with Crippen LogP contribution in [0, 0.1) is 12.8 Å². The minimum Gasteiger partial charge on any atom is -0.507 e. The first-order chi connectivity index (χ1) is 13.8. The Morgan fingerprint density at radius 2 is 1.90 bits per heavy atom. The van der Waals surface area contributed by atoms with E-state index in [9.17, 15) is 9.90 Å². The second kappa shape index (κ2) is 8.52. The summed E-state index contributed by atoms with van der Waals surface area (Å²) < 4.78 is 5.80. The smallest absolute Gasteiger partial charge is 0.343 e. The normalized spacial score (nSPS) is 18.7. The number of aryl methyl sites for hydroxylation is 1. The summed E-state index contributed by atoms with van der Waals surface area (Å²) in [5.41, 5.74) is 5.20. The maximum Gasteiger partial charge on any atom is 0.343 e. The van der Waals surface area contributed by atoms with Crippen molar-refractivity contribution in [3.8, 4) is 11.5 Å². The number of ether oxygens (including phenoxy) is 1. The van der Waals surface area contributed by atoms with Crippen molar-refractivity contribution in [2.24, 2.45) is 5.92 Å². The van der Waals surface area contributed by atoms with Gasteiger partial charge in [0.2, 0.25) is 0 Å². The molecule has 150 valence electrons. The Bertz CT molecular complexity index is 980. The number of rotatable bonds is 5. The van der Waals surface area contributed by atoms with E-state index < -0.39 is 5.97 Å². The van der Waals surface area contributed by atoms with E-state index in [1.165, 1.54) is 5.57 Å². The van der Waals surface area contributed by atoms with E-state index in [2.05, 4.69) is 26.2 Å². The largest absolute Gasteiger partial charge is 0.507 e. The predicted octanol–water partition coefficient (Wildman–Crippen LogP) is 6.58. The zero-order valence-corrected chi connectivity index (χ0v) is 17.4. The summed E-state index contributed by atoms with van der Waals surface area (Å²) in [6.07, 6.45) is 5.86. The quantitative estimate of drug-likeness (QED) is 0.357. The number of benzene rings is 2. The van der Waals surface area contributed by atoms with E-state index in [1.54, 1.807) is 24.3 Å². The number of esters is 1. The molecule has 0 saturated carbocycles. The molecule has 0 saturated heterocycles. The van der Waals surface area contributed by atoms with Crippen LogP contribution in [0.3, 0.4) is 0 Å². The highest BCUT2D eigenvalue weighted by molar-refractivity contribution is 5.91. The lowest BCUT2D eigenvalue weighted by molar-refractivity contribution is 0.0732. The predicted molar refractivity (Wildman–Crippen MR) is 118 cm³/mol. The van der Waals surface area contributed by atoms with Crippen LogP contribution in [0.2, 0.25) is 0 Å². The molecular weight excluding hydrogens is 360 g/mol. The van der Waals surface area contributed by atoms with Crippen LogP contribution in [0.5, 0.6) is 11.5 Å². The Hall–Kier alpha value is -3.07. The fraction of sp³-hybridized carbons (Fsp3) is 0.269. The molecule has 1 N–H and O–H groups in total. The third-order valence-electron chi connectivity index (χ3n) is 5.56. The number of allylic oxidation sites excluding steroid dienone is 3. The van der Waals surface area contributed by atoms with Gasteiger partial charge >= 0.3 is 5.97 Å². The lowest BCUT2D eigenvalue weighted by Crippen LogP contribution is -2.19. The van der Waals surface area contributed by atoms with Crippen LogP contribution >= 0.6 is 0 Å². The Balaban J connectivity index is 2.02. The summed E-state index contributed by atoms with van der Waals surface area (Å²) in [7, 11) is 0. The third-order valence-corrected chi connectivity index (χ3v) is 5.56. The fourth-order valence-corrected chi connectivity index (χ4v) is 3.99. The summed E-state index contributed by atoms with van der Waals surface area (Å²) in [5, 5.41) is 10.8. The van der Waals surface area contributed by atoms with Gasteiger partial charge in [-0.05, 0) is 74.9 Å². The van der Waals surface area contributed by atoms with Gasteiger partial charge < -0.3 is 9.84 Å². The van der Waals surface area contributed by atoms with Gasteiger partial charge in [-0.1, -0.05) is 48.6 Å². The number of hydrogen-bond donors (Lipinski definition) is 1. The minimum absolute atomic E-state index is 0.0761. The Morgan fingerprint density at radius 3 is 2.52 bits per heavy atom. The maximum atomic E-state index is 12.8. The summed E-state index contributed by atoms with van der Waals surface area (Å²) in [5.74, 6) is 0.221. The average Bonchev–Trinajstić information content (AvgIpc) is 2.67. The van der Waals surface area contributed by atoms with Gasteiger partial charge in [0.05, 0.1) is 5.56 Å². The van der Waals surface area contributed by atoms with E-state index in [1.807, 2.05) is 32.0 Å². The topological polar surface area (TPSA) is 46.5 Å². The standard InChI is InChI=1S/C26H28O3/c1-6-19-8-10-20(11-9-19)26(28)29-24-15-18(5)14-23(27)25(24)22-13-17(4)7-12-21(22)16(2)3/h6,8-11,13-15,21-22,27H,1-2,7,12H2,3-5H3/t21-,22?/m0/s1. The molecule has 0 fully saturated rings. The Morgan fingerprint density at radius 1 is 1.21 bits per heavy atom. The van der Waals surface area contributed by atoms with Crippen LogP contribution in [-0.2, 0) is 0 Å². The van der Waals surface area contributed by atoms with E-state index in [0.29, 0.717) is 16.9 Å². The van der Waals surface area contributed by atoms with Gasteiger partial charge in [0.25, 0.3) is 0 Å². The third kappa shape index (κ3) is 4.51. The first kappa shape index (κ1) is 20.7. The van der Waals surface area contributed by atoms with Crippen LogP contribution in [0.1, 0.15) is 59.7 Å². The minimum atomic E-state index is -0.449. The molecule has 1 unspecified atom stereocenters. The first-order valence-electron chi connectivity index (χ1n) is 9.91. The molecule has 2 aromatic rings. The summed E-state index contributed by atoms with van der Waals surface area (Å²) in [4.78, 5) is 12.8.